The number of aliphatic hydroxyl groups excluding tert-OH is 1. The van der Waals surface area contributed by atoms with Crippen LogP contribution < -0.4 is 5.32 Å². The van der Waals surface area contributed by atoms with Gasteiger partial charge in [-0.15, -0.1) is 6.58 Å². The molecule has 4 nitrogen and oxygen atoms in total. The third-order valence-corrected chi connectivity index (χ3v) is 3.12. The zero-order valence-corrected chi connectivity index (χ0v) is 10.0. The summed E-state index contributed by atoms with van der Waals surface area (Å²) in [6.07, 6.45) is 3.65. The van der Waals surface area contributed by atoms with E-state index in [4.69, 9.17) is 5.11 Å². The first-order chi connectivity index (χ1) is 7.64. The fraction of sp³-hybridized carbons (Fsp3) is 0.750. The SMILES string of the molecule is C=CCN(CCO)C(=O)C1(C)CCCNC1. The second-order valence-corrected chi connectivity index (χ2v) is 4.60. The maximum absolute atomic E-state index is 12.3. The lowest BCUT2D eigenvalue weighted by atomic mass is 9.81. The van der Waals surface area contributed by atoms with Gasteiger partial charge in [0.1, 0.15) is 0 Å². The fourth-order valence-corrected chi connectivity index (χ4v) is 2.17. The lowest BCUT2D eigenvalue weighted by Gasteiger charge is -2.37. The van der Waals surface area contributed by atoms with E-state index in [2.05, 4.69) is 11.9 Å². The van der Waals surface area contributed by atoms with E-state index in [0.717, 1.165) is 25.9 Å². The number of nitrogens with zero attached hydrogens (tertiary/aromatic N) is 1. The molecule has 0 aliphatic carbocycles. The highest BCUT2D eigenvalue weighted by Crippen LogP contribution is 2.27. The summed E-state index contributed by atoms with van der Waals surface area (Å²) in [4.78, 5) is 14.0. The van der Waals surface area contributed by atoms with Gasteiger partial charge in [0.25, 0.3) is 0 Å². The van der Waals surface area contributed by atoms with Gasteiger partial charge in [-0.3, -0.25) is 4.79 Å². The highest BCUT2D eigenvalue weighted by molar-refractivity contribution is 5.83. The van der Waals surface area contributed by atoms with Gasteiger partial charge in [-0.2, -0.15) is 0 Å². The molecule has 1 atom stereocenters. The number of carbonyl (C=O) groups excluding carboxylic acids is 1. The Bertz CT molecular complexity index is 247. The average Bonchev–Trinajstić information content (AvgIpc) is 2.29. The van der Waals surface area contributed by atoms with Crippen LogP contribution in [0.5, 0.6) is 0 Å². The Morgan fingerprint density at radius 2 is 2.44 bits per heavy atom. The van der Waals surface area contributed by atoms with Gasteiger partial charge in [0.2, 0.25) is 5.91 Å². The molecule has 0 bridgehead atoms. The molecule has 0 aromatic rings. The number of hydrogen-bond acceptors (Lipinski definition) is 3. The maximum Gasteiger partial charge on any atom is 0.230 e. The van der Waals surface area contributed by atoms with E-state index >= 15 is 0 Å². The van der Waals surface area contributed by atoms with Gasteiger partial charge in [0.15, 0.2) is 0 Å². The highest BCUT2D eigenvalue weighted by atomic mass is 16.3. The van der Waals surface area contributed by atoms with Crippen LogP contribution >= 0.6 is 0 Å². The minimum atomic E-state index is -0.323. The number of rotatable bonds is 5. The van der Waals surface area contributed by atoms with Crippen LogP contribution in [0, 0.1) is 5.41 Å². The van der Waals surface area contributed by atoms with Gasteiger partial charge in [0, 0.05) is 19.6 Å². The Kier molecular flexibility index (Phi) is 4.96. The van der Waals surface area contributed by atoms with Gasteiger partial charge in [-0.05, 0) is 26.3 Å². The first-order valence-electron chi connectivity index (χ1n) is 5.86. The molecule has 2 N–H and O–H groups in total. The third kappa shape index (κ3) is 3.06. The summed E-state index contributed by atoms with van der Waals surface area (Å²) in [6.45, 7) is 8.26. The third-order valence-electron chi connectivity index (χ3n) is 3.12. The standard InChI is InChI=1S/C12H22N2O2/c1-3-7-14(8-9-15)11(16)12(2)5-4-6-13-10-12/h3,13,15H,1,4-10H2,2H3. The van der Waals surface area contributed by atoms with Crippen LogP contribution in [-0.4, -0.2) is 48.7 Å². The molecule has 16 heavy (non-hydrogen) atoms. The van der Waals surface area contributed by atoms with Crippen molar-refractivity contribution in [2.75, 3.05) is 32.8 Å². The molecule has 1 unspecified atom stereocenters. The molecule has 1 heterocycles. The molecule has 0 spiro atoms. The zero-order valence-electron chi connectivity index (χ0n) is 10.0. The summed E-state index contributed by atoms with van der Waals surface area (Å²) in [5, 5.41) is 12.2. The number of amides is 1. The number of aliphatic hydroxyl groups is 1. The lowest BCUT2D eigenvalue weighted by molar-refractivity contribution is -0.142. The summed E-state index contributed by atoms with van der Waals surface area (Å²) in [5.41, 5.74) is -0.323. The van der Waals surface area contributed by atoms with Gasteiger partial charge in [-0.1, -0.05) is 6.08 Å². The van der Waals surface area contributed by atoms with Gasteiger partial charge >= 0.3 is 0 Å². The van der Waals surface area contributed by atoms with Crippen LogP contribution in [-0.2, 0) is 4.79 Å². The van der Waals surface area contributed by atoms with Gasteiger partial charge < -0.3 is 15.3 Å². The first-order valence-corrected chi connectivity index (χ1v) is 5.86. The Balaban J connectivity index is 2.67. The molecule has 1 rings (SSSR count). The van der Waals surface area contributed by atoms with Crippen LogP contribution in [0.1, 0.15) is 19.8 Å². The summed E-state index contributed by atoms with van der Waals surface area (Å²) in [5.74, 6) is 0.119. The molecule has 92 valence electrons. The summed E-state index contributed by atoms with van der Waals surface area (Å²) in [6, 6.07) is 0. The zero-order chi connectivity index (χ0) is 12.0. The van der Waals surface area contributed by atoms with E-state index in [1.54, 1.807) is 11.0 Å². The smallest absolute Gasteiger partial charge is 0.230 e. The number of carbonyl (C=O) groups is 1. The maximum atomic E-state index is 12.3. The van der Waals surface area contributed by atoms with Crippen molar-refractivity contribution in [3.63, 3.8) is 0 Å². The summed E-state index contributed by atoms with van der Waals surface area (Å²) in [7, 11) is 0. The van der Waals surface area contributed by atoms with Gasteiger partial charge in [0.05, 0.1) is 12.0 Å². The molecule has 0 aromatic heterocycles. The van der Waals surface area contributed by atoms with Crippen molar-refractivity contribution in [1.82, 2.24) is 10.2 Å². The second-order valence-electron chi connectivity index (χ2n) is 4.60. The number of hydrogen-bond donors (Lipinski definition) is 2. The van der Waals surface area contributed by atoms with Crippen LogP contribution in [0.4, 0.5) is 0 Å². The Morgan fingerprint density at radius 1 is 1.69 bits per heavy atom. The quantitative estimate of drug-likeness (QED) is 0.667. The molecule has 1 aliphatic heterocycles. The molecular formula is C12H22N2O2. The molecule has 0 radical (unpaired) electrons. The summed E-state index contributed by atoms with van der Waals surface area (Å²) < 4.78 is 0. The van der Waals surface area contributed by atoms with E-state index in [-0.39, 0.29) is 17.9 Å². The van der Waals surface area contributed by atoms with Crippen LogP contribution in [0.2, 0.25) is 0 Å². The van der Waals surface area contributed by atoms with Gasteiger partial charge in [-0.25, -0.2) is 0 Å². The normalized spacial score (nSPS) is 25.1. The minimum Gasteiger partial charge on any atom is -0.395 e. The fourth-order valence-electron chi connectivity index (χ4n) is 2.17. The Labute approximate surface area is 97.3 Å². The first kappa shape index (κ1) is 13.2. The Hall–Kier alpha value is -0.870. The molecule has 4 heteroatoms. The largest absolute Gasteiger partial charge is 0.395 e. The van der Waals surface area contributed by atoms with E-state index in [1.807, 2.05) is 6.92 Å². The number of nitrogens with one attached hydrogen (secondary N) is 1. The Morgan fingerprint density at radius 3 is 2.94 bits per heavy atom. The van der Waals surface area contributed by atoms with E-state index in [0.29, 0.717) is 13.1 Å². The predicted octanol–water partition coefficient (Wildman–Crippen LogP) is 0.383. The number of piperidine rings is 1. The van der Waals surface area contributed by atoms with Crippen molar-refractivity contribution < 1.29 is 9.90 Å². The minimum absolute atomic E-state index is 0.00306. The van der Waals surface area contributed by atoms with Crippen LogP contribution in [0.3, 0.4) is 0 Å². The molecule has 0 aromatic carbocycles. The summed E-state index contributed by atoms with van der Waals surface area (Å²) >= 11 is 0. The van der Waals surface area contributed by atoms with Crippen molar-refractivity contribution in [1.29, 1.82) is 0 Å². The van der Waals surface area contributed by atoms with Crippen molar-refractivity contribution in [2.24, 2.45) is 5.41 Å². The topological polar surface area (TPSA) is 52.6 Å². The van der Waals surface area contributed by atoms with Crippen LogP contribution in [0.25, 0.3) is 0 Å². The monoisotopic (exact) mass is 226 g/mol. The van der Waals surface area contributed by atoms with E-state index < -0.39 is 0 Å². The van der Waals surface area contributed by atoms with E-state index in [9.17, 15) is 4.79 Å². The predicted molar refractivity (Wildman–Crippen MR) is 64.1 cm³/mol. The van der Waals surface area contributed by atoms with Crippen molar-refractivity contribution >= 4 is 5.91 Å². The molecule has 1 saturated heterocycles. The molecule has 0 saturated carbocycles. The average molecular weight is 226 g/mol. The van der Waals surface area contributed by atoms with E-state index in [1.165, 1.54) is 0 Å². The highest BCUT2D eigenvalue weighted by Gasteiger charge is 2.37. The second kappa shape index (κ2) is 6.01. The molecular weight excluding hydrogens is 204 g/mol. The van der Waals surface area contributed by atoms with Crippen LogP contribution in [0.15, 0.2) is 12.7 Å². The van der Waals surface area contributed by atoms with Crippen molar-refractivity contribution in [3.8, 4) is 0 Å². The molecule has 1 aliphatic rings. The lowest BCUT2D eigenvalue weighted by Crippen LogP contribution is -2.50. The van der Waals surface area contributed by atoms with Crippen molar-refractivity contribution in [2.45, 2.75) is 19.8 Å². The molecule has 1 fully saturated rings. The van der Waals surface area contributed by atoms with Crippen molar-refractivity contribution in [3.05, 3.63) is 12.7 Å². The molecule has 1 amide bonds.